The van der Waals surface area contributed by atoms with Crippen molar-refractivity contribution in [1.82, 2.24) is 4.90 Å². The van der Waals surface area contributed by atoms with Crippen LogP contribution in [0, 0.1) is 12.7 Å². The summed E-state index contributed by atoms with van der Waals surface area (Å²) in [6.07, 6.45) is 0. The lowest BCUT2D eigenvalue weighted by Crippen LogP contribution is -2.67. The summed E-state index contributed by atoms with van der Waals surface area (Å²) in [4.78, 5) is 42.9. The standard InChI is InChI=1S/C25H13Cl4FN2O5/c1-9-2-4-11(30)7-12(9)31-21(10-3-5-13-14(6-10)37-8-36-13)22(25(31)35)32-23(33)15-16(24(32)34)18(27)20(29)19(28)17(15)26/h2-7,21-22H,8H2,1H3/t21-,22+/m0/s1. The molecule has 3 heterocycles. The summed E-state index contributed by atoms with van der Waals surface area (Å²) >= 11 is 24.8. The molecular weight excluding hydrogens is 569 g/mol. The van der Waals surface area contributed by atoms with Gasteiger partial charge < -0.3 is 14.4 Å². The monoisotopic (exact) mass is 580 g/mol. The van der Waals surface area contributed by atoms with E-state index >= 15 is 0 Å². The van der Waals surface area contributed by atoms with Gasteiger partial charge in [-0.1, -0.05) is 58.5 Å². The highest BCUT2D eigenvalue weighted by Gasteiger charge is 2.58. The predicted octanol–water partition coefficient (Wildman–Crippen LogP) is 6.23. The highest BCUT2D eigenvalue weighted by atomic mass is 35.5. The molecule has 0 spiro atoms. The van der Waals surface area contributed by atoms with Crippen LogP contribution in [0.2, 0.25) is 20.1 Å². The normalized spacial score (nSPS) is 20.0. The van der Waals surface area contributed by atoms with Crippen molar-refractivity contribution >= 4 is 69.8 Å². The van der Waals surface area contributed by atoms with E-state index in [4.69, 9.17) is 55.9 Å². The van der Waals surface area contributed by atoms with Gasteiger partial charge >= 0.3 is 0 Å². The molecule has 3 aliphatic rings. The number of anilines is 1. The number of amides is 3. The quantitative estimate of drug-likeness (QED) is 0.159. The van der Waals surface area contributed by atoms with E-state index in [2.05, 4.69) is 0 Å². The zero-order valence-electron chi connectivity index (χ0n) is 18.7. The van der Waals surface area contributed by atoms with Crippen LogP contribution in [0.25, 0.3) is 0 Å². The van der Waals surface area contributed by atoms with Gasteiger partial charge in [0, 0.05) is 0 Å². The van der Waals surface area contributed by atoms with Crippen LogP contribution in [0.1, 0.15) is 37.9 Å². The summed E-state index contributed by atoms with van der Waals surface area (Å²) in [6, 6.07) is 6.85. The smallest absolute Gasteiger partial charge is 0.264 e. The summed E-state index contributed by atoms with van der Waals surface area (Å²) in [5.41, 5.74) is 0.975. The number of hydrogen-bond acceptors (Lipinski definition) is 5. The number of rotatable bonds is 3. The summed E-state index contributed by atoms with van der Waals surface area (Å²) in [5.74, 6) is -1.91. The third-order valence-electron chi connectivity index (χ3n) is 6.65. The molecule has 1 fully saturated rings. The Balaban J connectivity index is 1.50. The van der Waals surface area contributed by atoms with Gasteiger partial charge in [-0.25, -0.2) is 4.39 Å². The third kappa shape index (κ3) is 3.36. The predicted molar refractivity (Wildman–Crippen MR) is 135 cm³/mol. The third-order valence-corrected chi connectivity index (χ3v) is 8.45. The van der Waals surface area contributed by atoms with Crippen LogP contribution in [0.5, 0.6) is 11.5 Å². The first-order chi connectivity index (χ1) is 17.6. The summed E-state index contributed by atoms with van der Waals surface area (Å²) < 4.78 is 25.1. The zero-order chi connectivity index (χ0) is 26.3. The van der Waals surface area contributed by atoms with E-state index in [-0.39, 0.29) is 38.0 Å². The lowest BCUT2D eigenvalue weighted by Gasteiger charge is -2.50. The molecule has 2 atom stereocenters. The zero-order valence-corrected chi connectivity index (χ0v) is 21.7. The molecule has 0 aliphatic carbocycles. The fraction of sp³-hybridized carbons (Fsp3) is 0.160. The molecule has 188 valence electrons. The Bertz CT molecular complexity index is 1530. The van der Waals surface area contributed by atoms with Crippen molar-refractivity contribution in [3.63, 3.8) is 0 Å². The Hall–Kier alpha value is -3.04. The lowest BCUT2D eigenvalue weighted by molar-refractivity contribution is -0.130. The van der Waals surface area contributed by atoms with Crippen LogP contribution >= 0.6 is 46.4 Å². The minimum Gasteiger partial charge on any atom is -0.454 e. The van der Waals surface area contributed by atoms with E-state index < -0.39 is 35.6 Å². The average molecular weight is 582 g/mol. The maximum atomic E-state index is 14.2. The second-order valence-electron chi connectivity index (χ2n) is 8.63. The minimum absolute atomic E-state index is 0.0233. The van der Waals surface area contributed by atoms with Crippen LogP contribution in [0.3, 0.4) is 0 Å². The summed E-state index contributed by atoms with van der Waals surface area (Å²) in [7, 11) is 0. The van der Waals surface area contributed by atoms with Crippen molar-refractivity contribution in [2.75, 3.05) is 11.7 Å². The highest BCUT2D eigenvalue weighted by molar-refractivity contribution is 6.55. The summed E-state index contributed by atoms with van der Waals surface area (Å²) in [6.45, 7) is 1.74. The second-order valence-corrected chi connectivity index (χ2v) is 10.1. The summed E-state index contributed by atoms with van der Waals surface area (Å²) in [5, 5.41) is -0.842. The number of halogens is 5. The number of nitrogens with zero attached hydrogens (tertiary/aromatic N) is 2. The molecular formula is C25H13Cl4FN2O5. The van der Waals surface area contributed by atoms with Crippen LogP contribution in [-0.4, -0.2) is 35.5 Å². The molecule has 7 nitrogen and oxygen atoms in total. The van der Waals surface area contributed by atoms with Crippen LogP contribution in [0.4, 0.5) is 10.1 Å². The van der Waals surface area contributed by atoms with Crippen molar-refractivity contribution in [2.45, 2.75) is 19.0 Å². The minimum atomic E-state index is -1.29. The van der Waals surface area contributed by atoms with Gasteiger partial charge in [-0.2, -0.15) is 0 Å². The van der Waals surface area contributed by atoms with Crippen LogP contribution < -0.4 is 14.4 Å². The molecule has 0 N–H and O–H groups in total. The van der Waals surface area contributed by atoms with Gasteiger partial charge in [0.05, 0.1) is 42.9 Å². The SMILES string of the molecule is Cc1ccc(F)cc1N1C(=O)[C@H](N2C(=O)c3c(Cl)c(Cl)c(Cl)c(Cl)c3C2=O)[C@@H]1c1ccc2c(c1)OCO2. The molecule has 37 heavy (non-hydrogen) atoms. The number of fused-ring (bicyclic) bond motifs is 2. The molecule has 0 saturated carbocycles. The molecule has 0 radical (unpaired) electrons. The number of aryl methyl sites for hydroxylation is 1. The average Bonchev–Trinajstić information content (AvgIpc) is 3.44. The fourth-order valence-electron chi connectivity index (χ4n) is 4.88. The Morgan fingerprint density at radius 2 is 1.41 bits per heavy atom. The Labute approximate surface area is 229 Å². The highest BCUT2D eigenvalue weighted by Crippen LogP contribution is 2.50. The molecule has 0 bridgehead atoms. The topological polar surface area (TPSA) is 76.2 Å². The maximum Gasteiger partial charge on any atom is 0.264 e. The lowest BCUT2D eigenvalue weighted by atomic mass is 9.85. The molecule has 0 aromatic heterocycles. The van der Waals surface area contributed by atoms with E-state index in [0.29, 0.717) is 28.3 Å². The number of hydrogen-bond donors (Lipinski definition) is 0. The first-order valence-corrected chi connectivity index (χ1v) is 12.4. The van der Waals surface area contributed by atoms with E-state index in [1.807, 2.05) is 0 Å². The maximum absolute atomic E-state index is 14.2. The van der Waals surface area contributed by atoms with E-state index in [0.717, 1.165) is 4.90 Å². The van der Waals surface area contributed by atoms with Crippen molar-refractivity contribution in [3.8, 4) is 11.5 Å². The van der Waals surface area contributed by atoms with E-state index in [9.17, 15) is 18.8 Å². The number of ether oxygens (including phenoxy) is 2. The Morgan fingerprint density at radius 3 is 2.05 bits per heavy atom. The largest absolute Gasteiger partial charge is 0.454 e. The molecule has 3 aromatic carbocycles. The molecule has 3 aliphatic heterocycles. The van der Waals surface area contributed by atoms with E-state index in [1.165, 1.54) is 23.1 Å². The number of benzene rings is 3. The van der Waals surface area contributed by atoms with E-state index in [1.54, 1.807) is 25.1 Å². The molecule has 1 saturated heterocycles. The molecule has 3 aromatic rings. The number of carbonyl (C=O) groups is 3. The molecule has 6 rings (SSSR count). The van der Waals surface area contributed by atoms with Crippen molar-refractivity contribution in [2.24, 2.45) is 0 Å². The van der Waals surface area contributed by atoms with Crippen molar-refractivity contribution in [1.29, 1.82) is 0 Å². The van der Waals surface area contributed by atoms with Crippen molar-refractivity contribution < 1.29 is 28.2 Å². The van der Waals surface area contributed by atoms with Gasteiger partial charge in [0.2, 0.25) is 6.79 Å². The van der Waals surface area contributed by atoms with Gasteiger partial charge in [-0.15, -0.1) is 0 Å². The van der Waals surface area contributed by atoms with Gasteiger partial charge in [0.15, 0.2) is 11.5 Å². The first-order valence-electron chi connectivity index (χ1n) is 10.8. The van der Waals surface area contributed by atoms with Crippen molar-refractivity contribution in [3.05, 3.63) is 84.6 Å². The molecule has 12 heteroatoms. The second kappa shape index (κ2) is 8.49. The van der Waals surface area contributed by atoms with Gasteiger partial charge in [-0.3, -0.25) is 19.3 Å². The fourth-order valence-corrected chi connectivity index (χ4v) is 5.90. The van der Waals surface area contributed by atoms with Crippen LogP contribution in [-0.2, 0) is 4.79 Å². The number of imide groups is 1. The molecule has 3 amide bonds. The van der Waals surface area contributed by atoms with Gasteiger partial charge in [0.25, 0.3) is 17.7 Å². The Morgan fingerprint density at radius 1 is 0.784 bits per heavy atom. The first kappa shape index (κ1) is 24.3. The van der Waals surface area contributed by atoms with Gasteiger partial charge in [0.1, 0.15) is 11.9 Å². The molecule has 0 unspecified atom stereocenters. The Kier molecular flexibility index (Phi) is 5.58. The van der Waals surface area contributed by atoms with Crippen LogP contribution in [0.15, 0.2) is 36.4 Å². The van der Waals surface area contributed by atoms with Gasteiger partial charge in [-0.05, 0) is 42.3 Å². The number of carbonyl (C=O) groups excluding carboxylic acids is 3. The number of β-lactam (4-membered cyclic amide) rings is 1.